The van der Waals surface area contributed by atoms with Gasteiger partial charge in [-0.3, -0.25) is 4.79 Å². The topological polar surface area (TPSA) is 64.8 Å². The molecule has 0 fully saturated rings. The van der Waals surface area contributed by atoms with Gasteiger partial charge in [-0.1, -0.05) is 6.92 Å². The van der Waals surface area contributed by atoms with E-state index < -0.39 is 0 Å². The summed E-state index contributed by atoms with van der Waals surface area (Å²) in [5.74, 6) is 0.584. The predicted molar refractivity (Wildman–Crippen MR) is 72.4 cm³/mol. The van der Waals surface area contributed by atoms with Crippen molar-refractivity contribution in [1.29, 1.82) is 0 Å². The van der Waals surface area contributed by atoms with Crippen molar-refractivity contribution in [3.8, 4) is 0 Å². The third-order valence-corrected chi connectivity index (χ3v) is 2.95. The number of methoxy groups -OCH3 is 2. The SMILES string of the molecule is COCCCN(CCOC)C(=O)CCC(C)CN. The second-order valence-electron chi connectivity index (χ2n) is 4.60. The Morgan fingerprint density at radius 1 is 1.22 bits per heavy atom. The number of carbonyl (C=O) groups is 1. The molecule has 0 aromatic rings. The van der Waals surface area contributed by atoms with Crippen LogP contribution in [0, 0.1) is 5.92 Å². The van der Waals surface area contributed by atoms with Crippen LogP contribution in [0.5, 0.6) is 0 Å². The van der Waals surface area contributed by atoms with Crippen molar-refractivity contribution in [3.63, 3.8) is 0 Å². The Kier molecular flexibility index (Phi) is 11.0. The molecule has 0 bridgehead atoms. The van der Waals surface area contributed by atoms with Crippen LogP contribution in [0.15, 0.2) is 0 Å². The highest BCUT2D eigenvalue weighted by molar-refractivity contribution is 5.76. The first-order valence-electron chi connectivity index (χ1n) is 6.61. The summed E-state index contributed by atoms with van der Waals surface area (Å²) in [6, 6.07) is 0. The molecule has 108 valence electrons. The van der Waals surface area contributed by atoms with Crippen LogP contribution in [0.4, 0.5) is 0 Å². The summed E-state index contributed by atoms with van der Waals surface area (Å²) in [6.45, 7) is 5.33. The zero-order valence-corrected chi connectivity index (χ0v) is 12.0. The molecule has 0 saturated heterocycles. The van der Waals surface area contributed by atoms with Crippen LogP contribution < -0.4 is 5.73 Å². The number of ether oxygens (including phenoxy) is 2. The van der Waals surface area contributed by atoms with Gasteiger partial charge in [-0.25, -0.2) is 0 Å². The summed E-state index contributed by atoms with van der Waals surface area (Å²) < 4.78 is 10.0. The Morgan fingerprint density at radius 2 is 1.89 bits per heavy atom. The van der Waals surface area contributed by atoms with Gasteiger partial charge in [-0.2, -0.15) is 0 Å². The maximum Gasteiger partial charge on any atom is 0.222 e. The first-order chi connectivity index (χ1) is 8.65. The van der Waals surface area contributed by atoms with Gasteiger partial charge in [-0.15, -0.1) is 0 Å². The van der Waals surface area contributed by atoms with Crippen molar-refractivity contribution in [1.82, 2.24) is 4.90 Å². The zero-order chi connectivity index (χ0) is 13.8. The summed E-state index contributed by atoms with van der Waals surface area (Å²) in [4.78, 5) is 13.9. The van der Waals surface area contributed by atoms with E-state index in [0.29, 0.717) is 38.6 Å². The molecule has 0 aromatic heterocycles. The molecule has 2 N–H and O–H groups in total. The maximum absolute atomic E-state index is 12.1. The number of rotatable bonds is 11. The molecule has 0 spiro atoms. The molecular formula is C13H28N2O3. The molecule has 0 radical (unpaired) electrons. The van der Waals surface area contributed by atoms with Crippen molar-refractivity contribution in [2.45, 2.75) is 26.2 Å². The summed E-state index contributed by atoms with van der Waals surface area (Å²) in [5, 5.41) is 0. The van der Waals surface area contributed by atoms with Gasteiger partial charge in [0, 0.05) is 40.3 Å². The van der Waals surface area contributed by atoms with Crippen molar-refractivity contribution in [3.05, 3.63) is 0 Å². The van der Waals surface area contributed by atoms with Crippen LogP contribution >= 0.6 is 0 Å². The Labute approximate surface area is 111 Å². The third kappa shape index (κ3) is 8.44. The smallest absolute Gasteiger partial charge is 0.222 e. The van der Waals surface area contributed by atoms with Gasteiger partial charge in [-0.05, 0) is 25.3 Å². The van der Waals surface area contributed by atoms with Crippen molar-refractivity contribution in [2.24, 2.45) is 11.7 Å². The molecule has 0 aromatic carbocycles. The number of amides is 1. The highest BCUT2D eigenvalue weighted by atomic mass is 16.5. The first kappa shape index (κ1) is 17.4. The fraction of sp³-hybridized carbons (Fsp3) is 0.923. The van der Waals surface area contributed by atoms with Gasteiger partial charge < -0.3 is 20.1 Å². The standard InChI is InChI=1S/C13H28N2O3/c1-12(11-14)5-6-13(16)15(8-10-18-3)7-4-9-17-2/h12H,4-11,14H2,1-3H3. The van der Waals surface area contributed by atoms with E-state index in [4.69, 9.17) is 15.2 Å². The molecule has 0 heterocycles. The summed E-state index contributed by atoms with van der Waals surface area (Å²) in [5.41, 5.74) is 5.55. The van der Waals surface area contributed by atoms with Crippen LogP contribution in [0.1, 0.15) is 26.2 Å². The molecule has 0 aliphatic rings. The lowest BCUT2D eigenvalue weighted by Gasteiger charge is -2.23. The number of hydrogen-bond donors (Lipinski definition) is 1. The molecule has 5 heteroatoms. The van der Waals surface area contributed by atoms with Gasteiger partial charge in [0.15, 0.2) is 0 Å². The van der Waals surface area contributed by atoms with E-state index in [9.17, 15) is 4.79 Å². The summed E-state index contributed by atoms with van der Waals surface area (Å²) >= 11 is 0. The van der Waals surface area contributed by atoms with Crippen molar-refractivity contribution >= 4 is 5.91 Å². The minimum Gasteiger partial charge on any atom is -0.385 e. The second kappa shape index (κ2) is 11.4. The molecule has 0 aliphatic carbocycles. The van der Waals surface area contributed by atoms with E-state index >= 15 is 0 Å². The zero-order valence-electron chi connectivity index (χ0n) is 12.0. The minimum atomic E-state index is 0.184. The van der Waals surface area contributed by atoms with E-state index in [-0.39, 0.29) is 5.91 Å². The number of nitrogens with zero attached hydrogens (tertiary/aromatic N) is 1. The molecule has 18 heavy (non-hydrogen) atoms. The number of carbonyl (C=O) groups excluding carboxylic acids is 1. The Bertz CT molecular complexity index is 212. The lowest BCUT2D eigenvalue weighted by molar-refractivity contribution is -0.132. The Morgan fingerprint density at radius 3 is 2.44 bits per heavy atom. The van der Waals surface area contributed by atoms with E-state index in [1.165, 1.54) is 0 Å². The lowest BCUT2D eigenvalue weighted by atomic mass is 10.1. The summed E-state index contributed by atoms with van der Waals surface area (Å²) in [6.07, 6.45) is 2.27. The largest absolute Gasteiger partial charge is 0.385 e. The predicted octanol–water partition coefficient (Wildman–Crippen LogP) is 0.873. The molecule has 0 saturated carbocycles. The highest BCUT2D eigenvalue weighted by Crippen LogP contribution is 2.06. The molecule has 1 unspecified atom stereocenters. The fourth-order valence-corrected chi connectivity index (χ4v) is 1.61. The van der Waals surface area contributed by atoms with Crippen LogP contribution in [-0.2, 0) is 14.3 Å². The second-order valence-corrected chi connectivity index (χ2v) is 4.60. The average Bonchev–Trinajstić information content (AvgIpc) is 2.39. The fourth-order valence-electron chi connectivity index (χ4n) is 1.61. The molecule has 5 nitrogen and oxygen atoms in total. The molecule has 0 aliphatic heterocycles. The van der Waals surface area contributed by atoms with Gasteiger partial charge in [0.2, 0.25) is 5.91 Å². The number of nitrogens with two attached hydrogens (primary N) is 1. The van der Waals surface area contributed by atoms with Crippen LogP contribution in [0.3, 0.4) is 0 Å². The molecule has 0 rings (SSSR count). The Balaban J connectivity index is 4.04. The molecule has 1 atom stereocenters. The van der Waals surface area contributed by atoms with Gasteiger partial charge in [0.05, 0.1) is 6.61 Å². The van der Waals surface area contributed by atoms with Gasteiger partial charge in [0.1, 0.15) is 0 Å². The lowest BCUT2D eigenvalue weighted by Crippen LogP contribution is -2.35. The third-order valence-electron chi connectivity index (χ3n) is 2.95. The molecular weight excluding hydrogens is 232 g/mol. The first-order valence-corrected chi connectivity index (χ1v) is 6.61. The van der Waals surface area contributed by atoms with Crippen LogP contribution in [0.25, 0.3) is 0 Å². The van der Waals surface area contributed by atoms with Crippen molar-refractivity contribution in [2.75, 3.05) is 47.1 Å². The van der Waals surface area contributed by atoms with Gasteiger partial charge >= 0.3 is 0 Å². The Hall–Kier alpha value is -0.650. The summed E-state index contributed by atoms with van der Waals surface area (Å²) in [7, 11) is 3.32. The van der Waals surface area contributed by atoms with E-state index in [1.54, 1.807) is 14.2 Å². The van der Waals surface area contributed by atoms with Crippen molar-refractivity contribution < 1.29 is 14.3 Å². The average molecular weight is 260 g/mol. The maximum atomic E-state index is 12.1. The van der Waals surface area contributed by atoms with E-state index in [2.05, 4.69) is 6.92 Å². The van der Waals surface area contributed by atoms with E-state index in [0.717, 1.165) is 19.4 Å². The highest BCUT2D eigenvalue weighted by Gasteiger charge is 2.13. The normalized spacial score (nSPS) is 12.4. The molecule has 1 amide bonds. The number of hydrogen-bond acceptors (Lipinski definition) is 4. The quantitative estimate of drug-likeness (QED) is 0.560. The monoisotopic (exact) mass is 260 g/mol. The van der Waals surface area contributed by atoms with Crippen LogP contribution in [-0.4, -0.2) is 57.9 Å². The van der Waals surface area contributed by atoms with Crippen LogP contribution in [0.2, 0.25) is 0 Å². The minimum absolute atomic E-state index is 0.184. The van der Waals surface area contributed by atoms with Gasteiger partial charge in [0.25, 0.3) is 0 Å². The van der Waals surface area contributed by atoms with E-state index in [1.807, 2.05) is 4.90 Å².